The van der Waals surface area contributed by atoms with Crippen LogP contribution in [0.3, 0.4) is 0 Å². The number of fused-ring (bicyclic) bond motifs is 1. The number of nitrogens with zero attached hydrogens (tertiary/aromatic N) is 4. The average molecular weight is 306 g/mol. The summed E-state index contributed by atoms with van der Waals surface area (Å²) in [4.78, 5) is 16.2. The van der Waals surface area contributed by atoms with Crippen molar-refractivity contribution in [3.05, 3.63) is 47.2 Å². The van der Waals surface area contributed by atoms with Crippen molar-refractivity contribution in [1.82, 2.24) is 19.9 Å². The normalized spacial score (nSPS) is 10.7. The van der Waals surface area contributed by atoms with Crippen molar-refractivity contribution in [1.29, 1.82) is 5.26 Å². The summed E-state index contributed by atoms with van der Waals surface area (Å²) in [5, 5.41) is 12.1. The molecule has 0 aliphatic rings. The zero-order valence-corrected chi connectivity index (χ0v) is 13.2. The summed E-state index contributed by atoms with van der Waals surface area (Å²) < 4.78 is 0. The first-order chi connectivity index (χ1) is 11.2. The van der Waals surface area contributed by atoms with Crippen LogP contribution in [0.25, 0.3) is 11.0 Å². The summed E-state index contributed by atoms with van der Waals surface area (Å²) in [6, 6.07) is 6.21. The van der Waals surface area contributed by atoms with E-state index in [1.54, 1.807) is 6.20 Å². The van der Waals surface area contributed by atoms with Crippen LogP contribution in [0.1, 0.15) is 29.1 Å². The van der Waals surface area contributed by atoms with Crippen LogP contribution >= 0.6 is 0 Å². The number of benzene rings is 1. The first-order valence-corrected chi connectivity index (χ1v) is 7.59. The summed E-state index contributed by atoms with van der Waals surface area (Å²) in [6.45, 7) is 4.91. The van der Waals surface area contributed by atoms with Crippen molar-refractivity contribution >= 4 is 16.9 Å². The van der Waals surface area contributed by atoms with E-state index in [2.05, 4.69) is 51.2 Å². The lowest BCUT2D eigenvalue weighted by atomic mass is 10.1. The van der Waals surface area contributed by atoms with Gasteiger partial charge in [0.2, 0.25) is 0 Å². The van der Waals surface area contributed by atoms with E-state index in [0.717, 1.165) is 29.7 Å². The third-order valence-corrected chi connectivity index (χ3v) is 3.91. The number of imidazole rings is 1. The second-order valence-electron chi connectivity index (χ2n) is 5.48. The van der Waals surface area contributed by atoms with Gasteiger partial charge in [0.1, 0.15) is 11.9 Å². The molecule has 6 nitrogen and oxygen atoms in total. The Balaban J connectivity index is 1.61. The van der Waals surface area contributed by atoms with Crippen molar-refractivity contribution < 1.29 is 0 Å². The van der Waals surface area contributed by atoms with Crippen LogP contribution in [-0.2, 0) is 6.42 Å². The Hall–Kier alpha value is -2.94. The number of anilines is 1. The monoisotopic (exact) mass is 306 g/mol. The van der Waals surface area contributed by atoms with Crippen LogP contribution in [0.2, 0.25) is 0 Å². The number of aryl methyl sites for hydroxylation is 3. The molecule has 0 saturated carbocycles. The van der Waals surface area contributed by atoms with Crippen LogP contribution in [0.4, 0.5) is 5.82 Å². The zero-order valence-electron chi connectivity index (χ0n) is 13.2. The number of hydrogen-bond acceptors (Lipinski definition) is 5. The van der Waals surface area contributed by atoms with Crippen LogP contribution in [0.15, 0.2) is 24.5 Å². The van der Waals surface area contributed by atoms with Gasteiger partial charge in [-0.1, -0.05) is 6.07 Å². The Bertz CT molecular complexity index is 874. The molecule has 2 N–H and O–H groups in total. The quantitative estimate of drug-likeness (QED) is 0.707. The van der Waals surface area contributed by atoms with Gasteiger partial charge < -0.3 is 10.3 Å². The first-order valence-electron chi connectivity index (χ1n) is 7.59. The molecule has 23 heavy (non-hydrogen) atoms. The van der Waals surface area contributed by atoms with Crippen LogP contribution in [0, 0.1) is 25.2 Å². The number of hydrogen-bond donors (Lipinski definition) is 2. The molecule has 0 amide bonds. The summed E-state index contributed by atoms with van der Waals surface area (Å²) >= 11 is 0. The number of aromatic amines is 1. The zero-order chi connectivity index (χ0) is 16.2. The standard InChI is InChI=1S/C17H18N6/c1-11-5-6-13-16(12(11)2)23-15(22-13)4-3-7-20-17-14(10-18)19-8-9-21-17/h5-6,8-9H,3-4,7H2,1-2H3,(H,20,21)(H,22,23). The summed E-state index contributed by atoms with van der Waals surface area (Å²) in [5.41, 5.74) is 4.93. The van der Waals surface area contributed by atoms with E-state index in [1.165, 1.54) is 17.3 Å². The largest absolute Gasteiger partial charge is 0.368 e. The van der Waals surface area contributed by atoms with Crippen molar-refractivity contribution in [2.24, 2.45) is 0 Å². The highest BCUT2D eigenvalue weighted by atomic mass is 15.0. The second kappa shape index (κ2) is 6.44. The summed E-state index contributed by atoms with van der Waals surface area (Å²) in [5.74, 6) is 1.52. The molecule has 0 bridgehead atoms. The number of aromatic nitrogens is 4. The lowest BCUT2D eigenvalue weighted by molar-refractivity contribution is 0.816. The number of nitrogens with one attached hydrogen (secondary N) is 2. The van der Waals surface area contributed by atoms with Gasteiger partial charge in [0.25, 0.3) is 0 Å². The molecule has 3 aromatic rings. The van der Waals surface area contributed by atoms with Crippen LogP contribution in [-0.4, -0.2) is 26.5 Å². The molecule has 0 spiro atoms. The predicted molar refractivity (Wildman–Crippen MR) is 89.1 cm³/mol. The van der Waals surface area contributed by atoms with E-state index in [4.69, 9.17) is 5.26 Å². The third-order valence-electron chi connectivity index (χ3n) is 3.91. The van der Waals surface area contributed by atoms with Gasteiger partial charge in [0.05, 0.1) is 11.0 Å². The first kappa shape index (κ1) is 15.0. The van der Waals surface area contributed by atoms with E-state index in [1.807, 2.05) is 6.07 Å². The maximum Gasteiger partial charge on any atom is 0.182 e. The van der Waals surface area contributed by atoms with Crippen molar-refractivity contribution in [2.45, 2.75) is 26.7 Å². The highest BCUT2D eigenvalue weighted by Gasteiger charge is 2.07. The maximum absolute atomic E-state index is 8.97. The molecule has 2 heterocycles. The van der Waals surface area contributed by atoms with E-state index < -0.39 is 0 Å². The Morgan fingerprint density at radius 1 is 1.22 bits per heavy atom. The van der Waals surface area contributed by atoms with Gasteiger partial charge in [-0.25, -0.2) is 15.0 Å². The van der Waals surface area contributed by atoms with E-state index in [9.17, 15) is 0 Å². The van der Waals surface area contributed by atoms with Crippen LogP contribution in [0.5, 0.6) is 0 Å². The van der Waals surface area contributed by atoms with Gasteiger partial charge in [-0.2, -0.15) is 5.26 Å². The fourth-order valence-electron chi connectivity index (χ4n) is 2.49. The van der Waals surface area contributed by atoms with Gasteiger partial charge in [-0.3, -0.25) is 0 Å². The molecule has 1 aromatic carbocycles. The van der Waals surface area contributed by atoms with Crippen molar-refractivity contribution in [3.8, 4) is 6.07 Å². The fraction of sp³-hybridized carbons (Fsp3) is 0.294. The van der Waals surface area contributed by atoms with E-state index in [-0.39, 0.29) is 0 Å². The minimum absolute atomic E-state index is 0.322. The molecule has 116 valence electrons. The molecular formula is C17H18N6. The van der Waals surface area contributed by atoms with Crippen molar-refractivity contribution in [2.75, 3.05) is 11.9 Å². The Morgan fingerprint density at radius 2 is 2.04 bits per heavy atom. The summed E-state index contributed by atoms with van der Waals surface area (Å²) in [7, 11) is 0. The van der Waals surface area contributed by atoms with Gasteiger partial charge in [0, 0.05) is 25.4 Å². The van der Waals surface area contributed by atoms with E-state index in [0.29, 0.717) is 18.1 Å². The van der Waals surface area contributed by atoms with Crippen molar-refractivity contribution in [3.63, 3.8) is 0 Å². The number of rotatable bonds is 5. The molecule has 0 atom stereocenters. The second-order valence-corrected chi connectivity index (χ2v) is 5.48. The lowest BCUT2D eigenvalue weighted by Crippen LogP contribution is -2.07. The topological polar surface area (TPSA) is 90.3 Å². The molecule has 2 aromatic heterocycles. The lowest BCUT2D eigenvalue weighted by Gasteiger charge is -2.04. The maximum atomic E-state index is 8.97. The van der Waals surface area contributed by atoms with Gasteiger partial charge >= 0.3 is 0 Å². The highest BCUT2D eigenvalue weighted by Crippen LogP contribution is 2.19. The third kappa shape index (κ3) is 3.14. The molecule has 0 saturated heterocycles. The predicted octanol–water partition coefficient (Wildman–Crippen LogP) is 2.89. The Kier molecular flexibility index (Phi) is 4.20. The molecule has 0 aliphatic carbocycles. The van der Waals surface area contributed by atoms with Gasteiger partial charge in [0.15, 0.2) is 11.5 Å². The molecule has 0 aliphatic heterocycles. The fourth-order valence-corrected chi connectivity index (χ4v) is 2.49. The Morgan fingerprint density at radius 3 is 2.87 bits per heavy atom. The molecule has 0 fully saturated rings. The van der Waals surface area contributed by atoms with Crippen LogP contribution < -0.4 is 5.32 Å². The van der Waals surface area contributed by atoms with Gasteiger partial charge in [-0.15, -0.1) is 0 Å². The minimum atomic E-state index is 0.322. The average Bonchev–Trinajstić information content (AvgIpc) is 2.99. The smallest absolute Gasteiger partial charge is 0.182 e. The molecule has 3 rings (SSSR count). The minimum Gasteiger partial charge on any atom is -0.368 e. The molecule has 0 radical (unpaired) electrons. The highest BCUT2D eigenvalue weighted by molar-refractivity contribution is 5.79. The van der Waals surface area contributed by atoms with E-state index >= 15 is 0 Å². The SMILES string of the molecule is Cc1ccc2[nH]c(CCCNc3nccnc3C#N)nc2c1C. The number of nitriles is 1. The molecule has 0 unspecified atom stereocenters. The number of H-pyrrole nitrogens is 1. The van der Waals surface area contributed by atoms with Gasteiger partial charge in [-0.05, 0) is 37.5 Å². The molecule has 6 heteroatoms. The molecular weight excluding hydrogens is 288 g/mol. The summed E-state index contributed by atoms with van der Waals surface area (Å²) in [6.07, 6.45) is 4.82. The Labute approximate surface area is 134 Å².